The molecule has 0 amide bonds. The van der Waals surface area contributed by atoms with E-state index < -0.39 is 0 Å². The van der Waals surface area contributed by atoms with Gasteiger partial charge in [0.25, 0.3) is 0 Å². The Balaban J connectivity index is 2.33. The van der Waals surface area contributed by atoms with Gasteiger partial charge in [0.05, 0.1) is 0 Å². The van der Waals surface area contributed by atoms with E-state index in [2.05, 4.69) is 0 Å². The first-order valence-corrected chi connectivity index (χ1v) is 5.91. The van der Waals surface area contributed by atoms with Crippen molar-refractivity contribution in [3.63, 3.8) is 0 Å². The molecule has 19 heavy (non-hydrogen) atoms. The van der Waals surface area contributed by atoms with Gasteiger partial charge in [0, 0.05) is 16.3 Å². The number of aromatic hydroxyl groups is 3. The zero-order valence-corrected chi connectivity index (χ0v) is 9.84. The van der Waals surface area contributed by atoms with Crippen LogP contribution in [0.25, 0.3) is 21.5 Å². The van der Waals surface area contributed by atoms with Gasteiger partial charge >= 0.3 is 0 Å². The van der Waals surface area contributed by atoms with Crippen molar-refractivity contribution in [1.82, 2.24) is 0 Å². The molecule has 1 aliphatic heterocycles. The molecule has 0 saturated heterocycles. The van der Waals surface area contributed by atoms with Crippen molar-refractivity contribution in [1.29, 1.82) is 0 Å². The van der Waals surface area contributed by atoms with E-state index in [0.717, 1.165) is 27.1 Å². The molecule has 3 N–H and O–H groups in total. The summed E-state index contributed by atoms with van der Waals surface area (Å²) in [5.41, 5.74) is 0.873. The summed E-state index contributed by atoms with van der Waals surface area (Å²) in [6.07, 6.45) is 0. The molecular formula is C15H10O4. The van der Waals surface area contributed by atoms with Gasteiger partial charge in [0.2, 0.25) is 5.75 Å². The normalized spacial score (nSPS) is 13.1. The first-order valence-electron chi connectivity index (χ1n) is 5.91. The molecule has 0 spiro atoms. The summed E-state index contributed by atoms with van der Waals surface area (Å²) in [6.45, 7) is 0.258. The second-order valence-corrected chi connectivity index (χ2v) is 4.73. The van der Waals surface area contributed by atoms with Gasteiger partial charge in [-0.15, -0.1) is 0 Å². The van der Waals surface area contributed by atoms with Crippen LogP contribution in [0.2, 0.25) is 0 Å². The number of hydrogen-bond donors (Lipinski definition) is 3. The van der Waals surface area contributed by atoms with E-state index in [0.29, 0.717) is 5.75 Å². The molecule has 0 radical (unpaired) electrons. The van der Waals surface area contributed by atoms with Crippen molar-refractivity contribution in [3.8, 4) is 23.0 Å². The predicted molar refractivity (Wildman–Crippen MR) is 70.8 cm³/mol. The molecule has 3 aromatic carbocycles. The molecule has 1 heterocycles. The predicted octanol–water partition coefficient (Wildman–Crippen LogP) is 3.00. The van der Waals surface area contributed by atoms with Crippen LogP contribution in [0.3, 0.4) is 0 Å². The molecule has 4 heteroatoms. The number of rotatable bonds is 0. The minimum Gasteiger partial charge on any atom is -0.508 e. The van der Waals surface area contributed by atoms with Crippen LogP contribution in [0, 0.1) is 0 Å². The molecule has 4 nitrogen and oxygen atoms in total. The monoisotopic (exact) mass is 254 g/mol. The lowest BCUT2D eigenvalue weighted by atomic mass is 9.95. The Morgan fingerprint density at radius 2 is 1.63 bits per heavy atom. The third-order valence-electron chi connectivity index (χ3n) is 3.57. The van der Waals surface area contributed by atoms with Gasteiger partial charge in [0.1, 0.15) is 12.4 Å². The molecule has 94 valence electrons. The molecule has 4 rings (SSSR count). The zero-order valence-electron chi connectivity index (χ0n) is 9.84. The molecule has 3 aromatic rings. The lowest BCUT2D eigenvalue weighted by Crippen LogP contribution is -2.03. The topological polar surface area (TPSA) is 69.9 Å². The van der Waals surface area contributed by atoms with Gasteiger partial charge < -0.3 is 20.1 Å². The number of phenols is 3. The van der Waals surface area contributed by atoms with E-state index in [9.17, 15) is 15.3 Å². The number of ether oxygens (including phenoxy) is 1. The van der Waals surface area contributed by atoms with Gasteiger partial charge in [-0.2, -0.15) is 0 Å². The maximum Gasteiger partial charge on any atom is 0.201 e. The fourth-order valence-electron chi connectivity index (χ4n) is 2.77. The van der Waals surface area contributed by atoms with E-state index in [4.69, 9.17) is 4.74 Å². The lowest BCUT2D eigenvalue weighted by molar-refractivity contribution is 0.285. The van der Waals surface area contributed by atoms with Crippen molar-refractivity contribution in [3.05, 3.63) is 35.9 Å². The minimum atomic E-state index is -0.237. The summed E-state index contributed by atoms with van der Waals surface area (Å²) in [4.78, 5) is 0. The van der Waals surface area contributed by atoms with Crippen molar-refractivity contribution < 1.29 is 20.1 Å². The van der Waals surface area contributed by atoms with Gasteiger partial charge in [-0.3, -0.25) is 0 Å². The summed E-state index contributed by atoms with van der Waals surface area (Å²) in [7, 11) is 0. The Morgan fingerprint density at radius 1 is 0.895 bits per heavy atom. The second kappa shape index (κ2) is 3.23. The highest BCUT2D eigenvalue weighted by Gasteiger charge is 2.22. The van der Waals surface area contributed by atoms with Crippen molar-refractivity contribution >= 4 is 21.5 Å². The molecule has 0 fully saturated rings. The van der Waals surface area contributed by atoms with Crippen molar-refractivity contribution in [2.24, 2.45) is 0 Å². The standard InChI is InChI=1S/C15H10O4/c16-10-3-7-1-2-8-5-11(17)14(18)15-13(8)12(7)9(4-10)6-19-15/h1-5,16-18H,6H2. The Bertz CT molecular complexity index is 852. The average Bonchev–Trinajstić information content (AvgIpc) is 2.39. The number of benzene rings is 3. The Morgan fingerprint density at radius 3 is 2.42 bits per heavy atom. The summed E-state index contributed by atoms with van der Waals surface area (Å²) in [5, 5.41) is 32.7. The molecule has 0 aliphatic carbocycles. The van der Waals surface area contributed by atoms with E-state index in [1.807, 2.05) is 12.1 Å². The second-order valence-electron chi connectivity index (χ2n) is 4.73. The number of hydrogen-bond acceptors (Lipinski definition) is 4. The quantitative estimate of drug-likeness (QED) is 0.426. The SMILES string of the molecule is Oc1cc2c3c(ccc4cc(O)c(O)c(c43)OC2)c1. The maximum atomic E-state index is 9.91. The molecule has 0 bridgehead atoms. The van der Waals surface area contributed by atoms with E-state index >= 15 is 0 Å². The zero-order chi connectivity index (χ0) is 13.1. The minimum absolute atomic E-state index is 0.191. The highest BCUT2D eigenvalue weighted by molar-refractivity contribution is 6.14. The maximum absolute atomic E-state index is 9.91. The Hall–Kier alpha value is -2.62. The van der Waals surface area contributed by atoms with Crippen LogP contribution in [0.4, 0.5) is 0 Å². The van der Waals surface area contributed by atoms with Crippen LogP contribution < -0.4 is 4.74 Å². The van der Waals surface area contributed by atoms with E-state index in [-0.39, 0.29) is 23.9 Å². The average molecular weight is 254 g/mol. The van der Waals surface area contributed by atoms with Crippen molar-refractivity contribution in [2.75, 3.05) is 0 Å². The van der Waals surface area contributed by atoms with Gasteiger partial charge in [-0.05, 0) is 29.0 Å². The first kappa shape index (κ1) is 10.3. The fraction of sp³-hybridized carbons (Fsp3) is 0.0667. The molecule has 0 unspecified atom stereocenters. The molecule has 1 aliphatic rings. The van der Waals surface area contributed by atoms with Crippen LogP contribution in [0.15, 0.2) is 30.3 Å². The van der Waals surface area contributed by atoms with Gasteiger partial charge in [-0.25, -0.2) is 0 Å². The summed E-state index contributed by atoms with van der Waals surface area (Å²) >= 11 is 0. The van der Waals surface area contributed by atoms with Crippen molar-refractivity contribution in [2.45, 2.75) is 6.61 Å². The molecular weight excluding hydrogens is 244 g/mol. The van der Waals surface area contributed by atoms with E-state index in [1.165, 1.54) is 6.07 Å². The van der Waals surface area contributed by atoms with E-state index in [1.54, 1.807) is 12.1 Å². The highest BCUT2D eigenvalue weighted by Crippen LogP contribution is 2.48. The highest BCUT2D eigenvalue weighted by atomic mass is 16.5. The van der Waals surface area contributed by atoms with Crippen LogP contribution in [-0.2, 0) is 6.61 Å². The Kier molecular flexibility index (Phi) is 1.75. The van der Waals surface area contributed by atoms with Crippen LogP contribution >= 0.6 is 0 Å². The first-order chi connectivity index (χ1) is 9.15. The van der Waals surface area contributed by atoms with Gasteiger partial charge in [0.15, 0.2) is 11.5 Å². The van der Waals surface area contributed by atoms with Crippen LogP contribution in [-0.4, -0.2) is 15.3 Å². The van der Waals surface area contributed by atoms with Gasteiger partial charge in [-0.1, -0.05) is 12.1 Å². The summed E-state index contributed by atoms with van der Waals surface area (Å²) < 4.78 is 5.53. The van der Waals surface area contributed by atoms with Crippen LogP contribution in [0.5, 0.6) is 23.0 Å². The fourth-order valence-corrected chi connectivity index (χ4v) is 2.77. The largest absolute Gasteiger partial charge is 0.508 e. The third-order valence-corrected chi connectivity index (χ3v) is 3.57. The summed E-state index contributed by atoms with van der Waals surface area (Å²) in [5.74, 6) is 0.0680. The van der Waals surface area contributed by atoms with Crippen LogP contribution in [0.1, 0.15) is 5.56 Å². The summed E-state index contributed by atoms with van der Waals surface area (Å²) in [6, 6.07) is 8.57. The molecule has 0 saturated carbocycles. The molecule has 0 aromatic heterocycles. The smallest absolute Gasteiger partial charge is 0.201 e. The molecule has 0 atom stereocenters. The Labute approximate surface area is 108 Å². The number of phenolic OH excluding ortho intramolecular Hbond substituents is 3. The lowest BCUT2D eigenvalue weighted by Gasteiger charge is -2.21. The third kappa shape index (κ3) is 1.23.